The second-order valence-electron chi connectivity index (χ2n) is 6.73. The Morgan fingerprint density at radius 1 is 1.18 bits per heavy atom. The van der Waals surface area contributed by atoms with Gasteiger partial charge in [-0.3, -0.25) is 14.6 Å². The molecule has 0 aromatic carbocycles. The highest BCUT2D eigenvalue weighted by molar-refractivity contribution is 7.11. The molecular weight excluding hydrogens is 296 g/mol. The lowest BCUT2D eigenvalue weighted by molar-refractivity contribution is -0.143. The number of aryl methyl sites for hydroxylation is 2. The van der Waals surface area contributed by atoms with E-state index in [0.29, 0.717) is 0 Å². The summed E-state index contributed by atoms with van der Waals surface area (Å²) in [5.41, 5.74) is 1.35. The van der Waals surface area contributed by atoms with Gasteiger partial charge in [-0.05, 0) is 25.7 Å². The number of rotatable bonds is 2. The van der Waals surface area contributed by atoms with Crippen LogP contribution < -0.4 is 0 Å². The van der Waals surface area contributed by atoms with Gasteiger partial charge in [0, 0.05) is 44.6 Å². The summed E-state index contributed by atoms with van der Waals surface area (Å²) in [5.74, 6) is 0.286. The van der Waals surface area contributed by atoms with Gasteiger partial charge in [0.25, 0.3) is 0 Å². The van der Waals surface area contributed by atoms with E-state index < -0.39 is 0 Å². The van der Waals surface area contributed by atoms with Gasteiger partial charge in [-0.1, -0.05) is 0 Å². The molecule has 22 heavy (non-hydrogen) atoms. The van der Waals surface area contributed by atoms with Gasteiger partial charge in [-0.25, -0.2) is 4.98 Å². The molecule has 3 heterocycles. The molecule has 1 aromatic rings. The van der Waals surface area contributed by atoms with Gasteiger partial charge in [0.15, 0.2) is 0 Å². The Bertz CT molecular complexity index is 549. The number of amides is 1. The lowest BCUT2D eigenvalue weighted by Gasteiger charge is -2.45. The van der Waals surface area contributed by atoms with E-state index in [2.05, 4.69) is 9.80 Å². The number of nitrogens with zero attached hydrogens (tertiary/aromatic N) is 4. The van der Waals surface area contributed by atoms with Crippen LogP contribution in [0.1, 0.15) is 28.4 Å². The van der Waals surface area contributed by atoms with E-state index in [4.69, 9.17) is 4.98 Å². The molecule has 1 atom stereocenters. The van der Waals surface area contributed by atoms with E-state index in [1.165, 1.54) is 34.8 Å². The average Bonchev–Trinajstić information content (AvgIpc) is 2.93. The van der Waals surface area contributed by atoms with Crippen LogP contribution in [0, 0.1) is 0 Å². The van der Waals surface area contributed by atoms with Crippen molar-refractivity contribution >= 4 is 17.2 Å². The van der Waals surface area contributed by atoms with Crippen molar-refractivity contribution in [3.05, 3.63) is 15.6 Å². The molecule has 3 aliphatic rings. The highest BCUT2D eigenvalue weighted by atomic mass is 32.1. The number of likely N-dealkylation sites (N-methyl/N-ethyl adjacent to an activating group) is 1. The lowest BCUT2D eigenvalue weighted by atomic mass is 10.0. The maximum atomic E-state index is 12.4. The smallest absolute Gasteiger partial charge is 0.241 e. The minimum atomic E-state index is 0.0575. The molecule has 4 rings (SSSR count). The summed E-state index contributed by atoms with van der Waals surface area (Å²) in [6.45, 7) is 5.72. The molecule has 1 aromatic heterocycles. The summed E-state index contributed by atoms with van der Waals surface area (Å²) in [6, 6.07) is 0.0575. The van der Waals surface area contributed by atoms with Crippen LogP contribution in [-0.2, 0) is 24.2 Å². The molecule has 1 aliphatic carbocycles. The molecule has 0 radical (unpaired) electrons. The van der Waals surface area contributed by atoms with Gasteiger partial charge < -0.3 is 4.90 Å². The maximum Gasteiger partial charge on any atom is 0.241 e. The third-order valence-electron chi connectivity index (χ3n) is 5.21. The fraction of sp³-hybridized carbons (Fsp3) is 0.750. The number of carbonyl (C=O) groups is 1. The third-order valence-corrected chi connectivity index (χ3v) is 6.35. The Morgan fingerprint density at radius 3 is 2.86 bits per heavy atom. The van der Waals surface area contributed by atoms with Gasteiger partial charge >= 0.3 is 0 Å². The second kappa shape index (κ2) is 5.91. The Balaban J connectivity index is 1.43. The second-order valence-corrected chi connectivity index (χ2v) is 7.90. The van der Waals surface area contributed by atoms with Crippen molar-refractivity contribution in [1.29, 1.82) is 0 Å². The van der Waals surface area contributed by atoms with E-state index >= 15 is 0 Å². The number of piperazine rings is 2. The minimum absolute atomic E-state index is 0.0575. The number of hydrogen-bond acceptors (Lipinski definition) is 5. The molecule has 5 nitrogen and oxygen atoms in total. The Labute approximate surface area is 135 Å². The summed E-state index contributed by atoms with van der Waals surface area (Å²) in [6.07, 6.45) is 4.98. The van der Waals surface area contributed by atoms with Crippen molar-refractivity contribution in [3.63, 3.8) is 0 Å². The SMILES string of the molecule is CN1CCN2CCN(Cc3nc4c(s3)CCCC4)CC2C1=O. The van der Waals surface area contributed by atoms with Gasteiger partial charge in [0.1, 0.15) is 11.0 Å². The summed E-state index contributed by atoms with van der Waals surface area (Å²) in [7, 11) is 1.92. The van der Waals surface area contributed by atoms with Gasteiger partial charge in [0.2, 0.25) is 5.91 Å². The van der Waals surface area contributed by atoms with Crippen LogP contribution in [0.2, 0.25) is 0 Å². The van der Waals surface area contributed by atoms with E-state index in [1.807, 2.05) is 23.3 Å². The minimum Gasteiger partial charge on any atom is -0.343 e. The molecule has 2 fully saturated rings. The van der Waals surface area contributed by atoms with Crippen LogP contribution in [0.25, 0.3) is 0 Å². The average molecular weight is 320 g/mol. The van der Waals surface area contributed by atoms with Gasteiger partial charge in [-0.15, -0.1) is 11.3 Å². The zero-order valence-electron chi connectivity index (χ0n) is 13.3. The predicted octanol–water partition coefficient (Wildman–Crippen LogP) is 0.980. The Kier molecular flexibility index (Phi) is 3.92. The number of hydrogen-bond donors (Lipinski definition) is 0. The zero-order chi connectivity index (χ0) is 15.1. The number of fused-ring (bicyclic) bond motifs is 2. The molecule has 6 heteroatoms. The lowest BCUT2D eigenvalue weighted by Crippen LogP contribution is -2.63. The molecule has 2 aliphatic heterocycles. The molecule has 1 unspecified atom stereocenters. The Hall–Kier alpha value is -0.980. The van der Waals surface area contributed by atoms with E-state index in [1.54, 1.807) is 0 Å². The van der Waals surface area contributed by atoms with Crippen LogP contribution >= 0.6 is 11.3 Å². The summed E-state index contributed by atoms with van der Waals surface area (Å²) in [5, 5.41) is 1.25. The Morgan fingerprint density at radius 2 is 2.00 bits per heavy atom. The topological polar surface area (TPSA) is 39.7 Å². The fourth-order valence-corrected chi connectivity index (χ4v) is 5.03. The van der Waals surface area contributed by atoms with Crippen molar-refractivity contribution < 1.29 is 4.79 Å². The highest BCUT2D eigenvalue weighted by Gasteiger charge is 2.37. The largest absolute Gasteiger partial charge is 0.343 e. The normalized spacial score (nSPS) is 26.9. The maximum absolute atomic E-state index is 12.4. The number of thiazole rings is 1. The van der Waals surface area contributed by atoms with Crippen molar-refractivity contribution in [2.75, 3.05) is 39.8 Å². The van der Waals surface area contributed by atoms with E-state index in [0.717, 1.165) is 45.7 Å². The first kappa shape index (κ1) is 14.6. The molecular formula is C16H24N4OS. The summed E-state index contributed by atoms with van der Waals surface area (Å²) >= 11 is 1.90. The van der Waals surface area contributed by atoms with Crippen LogP contribution in [0.4, 0.5) is 0 Å². The number of aromatic nitrogens is 1. The van der Waals surface area contributed by atoms with Crippen LogP contribution in [0.15, 0.2) is 0 Å². The van der Waals surface area contributed by atoms with Crippen molar-refractivity contribution in [1.82, 2.24) is 19.7 Å². The first-order valence-electron chi connectivity index (χ1n) is 8.39. The molecule has 2 saturated heterocycles. The third kappa shape index (κ3) is 2.68. The van der Waals surface area contributed by atoms with Gasteiger partial charge in [0.05, 0.1) is 12.2 Å². The van der Waals surface area contributed by atoms with E-state index in [9.17, 15) is 4.79 Å². The fourth-order valence-electron chi connectivity index (χ4n) is 3.83. The van der Waals surface area contributed by atoms with Crippen LogP contribution in [0.5, 0.6) is 0 Å². The van der Waals surface area contributed by atoms with Crippen molar-refractivity contribution in [2.45, 2.75) is 38.3 Å². The quantitative estimate of drug-likeness (QED) is 0.814. The van der Waals surface area contributed by atoms with Gasteiger partial charge in [-0.2, -0.15) is 0 Å². The molecule has 0 N–H and O–H groups in total. The monoisotopic (exact) mass is 320 g/mol. The van der Waals surface area contributed by atoms with Crippen LogP contribution in [0.3, 0.4) is 0 Å². The van der Waals surface area contributed by atoms with Crippen LogP contribution in [-0.4, -0.2) is 71.4 Å². The molecule has 1 amide bonds. The molecule has 0 spiro atoms. The van der Waals surface area contributed by atoms with E-state index in [-0.39, 0.29) is 11.9 Å². The highest BCUT2D eigenvalue weighted by Crippen LogP contribution is 2.28. The number of carbonyl (C=O) groups excluding carboxylic acids is 1. The molecule has 0 bridgehead atoms. The predicted molar refractivity (Wildman–Crippen MR) is 87.0 cm³/mol. The molecule has 120 valence electrons. The standard InChI is InChI=1S/C16H24N4OS/c1-18-6-8-20-9-7-19(10-13(20)16(18)21)11-15-17-12-4-2-3-5-14(12)22-15/h13H,2-11H2,1H3. The van der Waals surface area contributed by atoms with Crippen molar-refractivity contribution in [3.8, 4) is 0 Å². The van der Waals surface area contributed by atoms with Crippen molar-refractivity contribution in [2.24, 2.45) is 0 Å². The first-order chi connectivity index (χ1) is 10.7. The summed E-state index contributed by atoms with van der Waals surface area (Å²) < 4.78 is 0. The summed E-state index contributed by atoms with van der Waals surface area (Å²) in [4.78, 5) is 25.4. The first-order valence-corrected chi connectivity index (χ1v) is 9.21. The zero-order valence-corrected chi connectivity index (χ0v) is 14.1. The molecule has 0 saturated carbocycles.